The number of carboxylic acid groups (broad SMARTS) is 1. The summed E-state index contributed by atoms with van der Waals surface area (Å²) in [4.78, 5) is 11.0. The lowest BCUT2D eigenvalue weighted by molar-refractivity contribution is 0.0688. The third kappa shape index (κ3) is 2.74. The zero-order valence-electron chi connectivity index (χ0n) is 9.68. The summed E-state index contributed by atoms with van der Waals surface area (Å²) in [5.74, 6) is -1.80. The van der Waals surface area contributed by atoms with Crippen LogP contribution in [0.2, 0.25) is 5.02 Å². The molecule has 0 atom stereocenters. The van der Waals surface area contributed by atoms with E-state index >= 15 is 0 Å². The smallest absolute Gasteiger partial charge is 0.356 e. The van der Waals surface area contributed by atoms with Crippen LogP contribution in [0.5, 0.6) is 0 Å². The number of aromatic carboxylic acids is 1. The molecule has 0 fully saturated rings. The minimum atomic E-state index is -1.23. The molecule has 7 heteroatoms. The summed E-state index contributed by atoms with van der Waals surface area (Å²) < 4.78 is 14.8. The first-order valence-corrected chi connectivity index (χ1v) is 5.79. The topological polar surface area (TPSA) is 75.3 Å². The predicted octanol–water partition coefficient (Wildman–Crippen LogP) is 1.90. The van der Waals surface area contributed by atoms with E-state index in [0.717, 1.165) is 4.68 Å². The lowest BCUT2D eigenvalue weighted by atomic mass is 10.2. The molecule has 1 heterocycles. The average molecular weight is 285 g/mol. The van der Waals surface area contributed by atoms with Crippen LogP contribution in [0.4, 0.5) is 4.39 Å². The normalized spacial score (nSPS) is 10.7. The number of benzene rings is 1. The van der Waals surface area contributed by atoms with E-state index < -0.39 is 11.8 Å². The highest BCUT2D eigenvalue weighted by molar-refractivity contribution is 6.30. The number of aliphatic hydroxyl groups is 1. The summed E-state index contributed by atoms with van der Waals surface area (Å²) in [6.45, 7) is -0.218. The van der Waals surface area contributed by atoms with Crippen molar-refractivity contribution >= 4 is 17.6 Å². The maximum Gasteiger partial charge on any atom is 0.356 e. The number of nitrogens with zero attached hydrogens (tertiary/aromatic N) is 2. The van der Waals surface area contributed by atoms with E-state index in [1.165, 1.54) is 24.4 Å². The van der Waals surface area contributed by atoms with Crippen LogP contribution in [0.25, 0.3) is 5.69 Å². The molecule has 2 N–H and O–H groups in total. The van der Waals surface area contributed by atoms with Gasteiger partial charge in [-0.05, 0) is 24.6 Å². The molecule has 0 radical (unpaired) electrons. The van der Waals surface area contributed by atoms with Crippen molar-refractivity contribution in [1.82, 2.24) is 9.78 Å². The Morgan fingerprint density at radius 1 is 1.47 bits per heavy atom. The highest BCUT2D eigenvalue weighted by Gasteiger charge is 2.17. The van der Waals surface area contributed by atoms with Gasteiger partial charge in [0.2, 0.25) is 0 Å². The molecule has 5 nitrogen and oxygen atoms in total. The molecule has 0 unspecified atom stereocenters. The molecule has 0 bridgehead atoms. The van der Waals surface area contributed by atoms with E-state index in [9.17, 15) is 9.18 Å². The summed E-state index contributed by atoms with van der Waals surface area (Å²) in [5, 5.41) is 22.0. The van der Waals surface area contributed by atoms with Gasteiger partial charge < -0.3 is 10.2 Å². The van der Waals surface area contributed by atoms with Crippen LogP contribution in [0.1, 0.15) is 16.1 Å². The SMILES string of the molecule is O=C(O)c1nn(-c2cc(Cl)ccc2F)cc1CCO. The van der Waals surface area contributed by atoms with Crippen LogP contribution in [0, 0.1) is 5.82 Å². The molecule has 19 heavy (non-hydrogen) atoms. The van der Waals surface area contributed by atoms with E-state index in [-0.39, 0.29) is 24.4 Å². The van der Waals surface area contributed by atoms with Gasteiger partial charge in [-0.3, -0.25) is 0 Å². The Kier molecular flexibility index (Phi) is 3.82. The van der Waals surface area contributed by atoms with E-state index in [4.69, 9.17) is 21.8 Å². The zero-order valence-corrected chi connectivity index (χ0v) is 10.4. The molecular formula is C12H10ClFN2O3. The third-order valence-electron chi connectivity index (χ3n) is 2.53. The maximum absolute atomic E-state index is 13.7. The fraction of sp³-hybridized carbons (Fsp3) is 0.167. The Morgan fingerprint density at radius 2 is 2.21 bits per heavy atom. The van der Waals surface area contributed by atoms with Gasteiger partial charge in [0, 0.05) is 23.4 Å². The van der Waals surface area contributed by atoms with Gasteiger partial charge in [0.1, 0.15) is 11.5 Å². The lowest BCUT2D eigenvalue weighted by Gasteiger charge is -2.03. The second-order valence-corrected chi connectivity index (χ2v) is 4.26. The van der Waals surface area contributed by atoms with Crippen molar-refractivity contribution < 1.29 is 19.4 Å². The van der Waals surface area contributed by atoms with E-state index in [2.05, 4.69) is 5.10 Å². The molecule has 0 saturated carbocycles. The van der Waals surface area contributed by atoms with Gasteiger partial charge in [0.05, 0.1) is 0 Å². The lowest BCUT2D eigenvalue weighted by Crippen LogP contribution is -2.04. The highest BCUT2D eigenvalue weighted by atomic mass is 35.5. The van der Waals surface area contributed by atoms with E-state index in [1.807, 2.05) is 0 Å². The van der Waals surface area contributed by atoms with Crippen LogP contribution >= 0.6 is 11.6 Å². The summed E-state index contributed by atoms with van der Waals surface area (Å²) >= 11 is 5.77. The predicted molar refractivity (Wildman–Crippen MR) is 66.3 cm³/mol. The standard InChI is InChI=1S/C12H10ClFN2O3/c13-8-1-2-9(14)10(5-8)16-6-7(3-4-17)11(15-16)12(18)19/h1-2,5-6,17H,3-4H2,(H,18,19). The van der Waals surface area contributed by atoms with Crippen LogP contribution in [0.3, 0.4) is 0 Å². The van der Waals surface area contributed by atoms with Crippen molar-refractivity contribution in [2.75, 3.05) is 6.61 Å². The molecule has 2 aromatic rings. The first-order chi connectivity index (χ1) is 9.02. The molecule has 0 spiro atoms. The summed E-state index contributed by atoms with van der Waals surface area (Å²) in [6.07, 6.45) is 1.50. The largest absolute Gasteiger partial charge is 0.476 e. The van der Waals surface area contributed by atoms with E-state index in [0.29, 0.717) is 10.6 Å². The molecule has 0 aliphatic heterocycles. The van der Waals surface area contributed by atoms with Crippen molar-refractivity contribution in [2.24, 2.45) is 0 Å². The quantitative estimate of drug-likeness (QED) is 0.899. The summed E-state index contributed by atoms with van der Waals surface area (Å²) in [6, 6.07) is 3.90. The molecule has 0 saturated heterocycles. The number of aromatic nitrogens is 2. The molecular weight excluding hydrogens is 275 g/mol. The van der Waals surface area contributed by atoms with Crippen LogP contribution in [0.15, 0.2) is 24.4 Å². The number of carbonyl (C=O) groups is 1. The van der Waals surface area contributed by atoms with Crippen LogP contribution in [-0.2, 0) is 6.42 Å². The van der Waals surface area contributed by atoms with Gasteiger partial charge in [0.25, 0.3) is 0 Å². The minimum Gasteiger partial charge on any atom is -0.476 e. The second kappa shape index (κ2) is 5.38. The number of hydrogen-bond acceptors (Lipinski definition) is 3. The molecule has 0 aliphatic rings. The zero-order chi connectivity index (χ0) is 14.0. The Bertz CT molecular complexity index is 627. The monoisotopic (exact) mass is 284 g/mol. The number of aliphatic hydroxyl groups excluding tert-OH is 1. The number of carboxylic acids is 1. The third-order valence-corrected chi connectivity index (χ3v) is 2.76. The van der Waals surface area contributed by atoms with Gasteiger partial charge >= 0.3 is 5.97 Å². The Labute approximate surface area is 112 Å². The van der Waals surface area contributed by atoms with E-state index in [1.54, 1.807) is 0 Å². The Balaban J connectivity index is 2.53. The van der Waals surface area contributed by atoms with Crippen molar-refractivity contribution in [3.8, 4) is 5.69 Å². The Hall–Kier alpha value is -1.92. The number of hydrogen-bond donors (Lipinski definition) is 2. The van der Waals surface area contributed by atoms with Crippen LogP contribution in [-0.4, -0.2) is 32.6 Å². The molecule has 0 amide bonds. The van der Waals surface area contributed by atoms with Crippen LogP contribution < -0.4 is 0 Å². The van der Waals surface area contributed by atoms with Gasteiger partial charge in [0.15, 0.2) is 5.69 Å². The van der Waals surface area contributed by atoms with Gasteiger partial charge in [-0.1, -0.05) is 11.6 Å². The second-order valence-electron chi connectivity index (χ2n) is 3.82. The van der Waals surface area contributed by atoms with Crippen molar-refractivity contribution in [1.29, 1.82) is 0 Å². The molecule has 1 aromatic heterocycles. The fourth-order valence-electron chi connectivity index (χ4n) is 1.68. The average Bonchev–Trinajstić information content (AvgIpc) is 2.77. The van der Waals surface area contributed by atoms with Gasteiger partial charge in [-0.15, -0.1) is 0 Å². The molecule has 2 rings (SSSR count). The fourth-order valence-corrected chi connectivity index (χ4v) is 1.84. The molecule has 0 aliphatic carbocycles. The first kappa shape index (κ1) is 13.5. The Morgan fingerprint density at radius 3 is 2.84 bits per heavy atom. The highest BCUT2D eigenvalue weighted by Crippen LogP contribution is 2.20. The number of halogens is 2. The van der Waals surface area contributed by atoms with Crippen molar-refractivity contribution in [3.63, 3.8) is 0 Å². The summed E-state index contributed by atoms with van der Waals surface area (Å²) in [5.41, 5.74) is 0.169. The van der Waals surface area contributed by atoms with Crippen molar-refractivity contribution in [2.45, 2.75) is 6.42 Å². The first-order valence-electron chi connectivity index (χ1n) is 5.41. The van der Waals surface area contributed by atoms with Crippen molar-refractivity contribution in [3.05, 3.63) is 46.5 Å². The minimum absolute atomic E-state index is 0.0548. The maximum atomic E-state index is 13.7. The summed E-state index contributed by atoms with van der Waals surface area (Å²) in [7, 11) is 0. The van der Waals surface area contributed by atoms with Gasteiger partial charge in [-0.2, -0.15) is 5.10 Å². The molecule has 1 aromatic carbocycles. The molecule has 100 valence electrons. The van der Waals surface area contributed by atoms with Gasteiger partial charge in [-0.25, -0.2) is 13.9 Å². The number of rotatable bonds is 4.